The Labute approximate surface area is 210 Å². The highest BCUT2D eigenvalue weighted by Crippen LogP contribution is 2.24. The molecule has 6 rings (SSSR count). The van der Waals surface area contributed by atoms with Crippen LogP contribution in [0.25, 0.3) is 38.9 Å². The maximum Gasteiger partial charge on any atom is 0.239 e. The molecule has 0 saturated carbocycles. The number of para-hydroxylation sites is 1. The van der Waals surface area contributed by atoms with Crippen molar-refractivity contribution in [2.24, 2.45) is 4.99 Å². The number of hydrogen-bond donors (Lipinski definition) is 1. The topological polar surface area (TPSA) is 55.1 Å². The average Bonchev–Trinajstić information content (AvgIpc) is 2.92. The van der Waals surface area contributed by atoms with E-state index < -0.39 is 0 Å². The summed E-state index contributed by atoms with van der Waals surface area (Å²) in [4.78, 5) is 9.66. The monoisotopic (exact) mass is 465 g/mol. The van der Waals surface area contributed by atoms with Gasteiger partial charge in [0.15, 0.2) is 0 Å². The Balaban J connectivity index is 1.40. The van der Waals surface area contributed by atoms with Gasteiger partial charge in [0.25, 0.3) is 0 Å². The Bertz CT molecular complexity index is 1720. The van der Waals surface area contributed by atoms with E-state index in [1.807, 2.05) is 54.7 Å². The third kappa shape index (κ3) is 4.21. The van der Waals surface area contributed by atoms with E-state index in [-0.39, 0.29) is 0 Å². The largest absolute Gasteiger partial charge is 0.399 e. The highest BCUT2D eigenvalue weighted by Gasteiger charge is 2.20. The van der Waals surface area contributed by atoms with Crippen LogP contribution in [0.2, 0.25) is 0 Å². The quantitative estimate of drug-likeness (QED) is 0.132. The first kappa shape index (κ1) is 21.7. The van der Waals surface area contributed by atoms with Gasteiger partial charge in [-0.15, -0.1) is 4.57 Å². The van der Waals surface area contributed by atoms with Crippen LogP contribution in [0, 0.1) is 6.92 Å². The van der Waals surface area contributed by atoms with Gasteiger partial charge in [0, 0.05) is 36.2 Å². The number of anilines is 1. The van der Waals surface area contributed by atoms with Crippen LogP contribution in [0.5, 0.6) is 0 Å². The molecule has 0 bridgehead atoms. The van der Waals surface area contributed by atoms with Gasteiger partial charge in [0.2, 0.25) is 16.7 Å². The molecule has 6 aromatic rings. The van der Waals surface area contributed by atoms with Gasteiger partial charge in [-0.25, -0.2) is 4.98 Å². The van der Waals surface area contributed by atoms with E-state index in [9.17, 15) is 0 Å². The van der Waals surface area contributed by atoms with Gasteiger partial charge >= 0.3 is 0 Å². The molecular weight excluding hydrogens is 440 g/mol. The first-order valence-electron chi connectivity index (χ1n) is 12.0. The lowest BCUT2D eigenvalue weighted by Crippen LogP contribution is -2.33. The zero-order valence-corrected chi connectivity index (χ0v) is 20.0. The summed E-state index contributed by atoms with van der Waals surface area (Å²) < 4.78 is 2.20. The lowest BCUT2D eigenvalue weighted by atomic mass is 10.0. The zero-order chi connectivity index (χ0) is 24.5. The minimum Gasteiger partial charge on any atom is -0.399 e. The summed E-state index contributed by atoms with van der Waals surface area (Å²) in [5.74, 6) is 0. The molecule has 1 heterocycles. The maximum atomic E-state index is 6.15. The molecule has 0 spiro atoms. The number of aromatic nitrogens is 2. The first-order valence-corrected chi connectivity index (χ1v) is 12.0. The van der Waals surface area contributed by atoms with Crippen molar-refractivity contribution in [3.8, 4) is 16.8 Å². The van der Waals surface area contributed by atoms with Gasteiger partial charge < -0.3 is 5.73 Å². The van der Waals surface area contributed by atoms with Crippen LogP contribution in [-0.4, -0.2) is 11.2 Å². The Hall–Kier alpha value is -4.83. The van der Waals surface area contributed by atoms with Gasteiger partial charge in [0.05, 0.1) is 5.69 Å². The van der Waals surface area contributed by atoms with Crippen LogP contribution in [0.4, 0.5) is 11.4 Å². The molecular formula is C32H25N4+. The van der Waals surface area contributed by atoms with Crippen LogP contribution in [0.15, 0.2) is 120 Å². The molecule has 172 valence electrons. The Morgan fingerprint density at radius 2 is 1.33 bits per heavy atom. The van der Waals surface area contributed by atoms with Crippen molar-refractivity contribution >= 4 is 39.7 Å². The van der Waals surface area contributed by atoms with Crippen LogP contribution < -0.4 is 10.3 Å². The fourth-order valence-corrected chi connectivity index (χ4v) is 4.45. The summed E-state index contributed by atoms with van der Waals surface area (Å²) in [7, 11) is 0. The van der Waals surface area contributed by atoms with Gasteiger partial charge in [-0.2, -0.15) is 0 Å². The summed E-state index contributed by atoms with van der Waals surface area (Å²) in [6, 6.07) is 39.3. The number of nitrogens with two attached hydrogens (primary N) is 1. The molecule has 0 atom stereocenters. The van der Waals surface area contributed by atoms with Crippen LogP contribution >= 0.6 is 0 Å². The second kappa shape index (κ2) is 9.08. The van der Waals surface area contributed by atoms with Crippen molar-refractivity contribution in [3.05, 3.63) is 126 Å². The molecule has 0 fully saturated rings. The molecule has 0 unspecified atom stereocenters. The molecule has 0 aliphatic carbocycles. The molecule has 0 saturated heterocycles. The van der Waals surface area contributed by atoms with Crippen molar-refractivity contribution in [2.45, 2.75) is 6.92 Å². The number of aliphatic imine (C=N–C) groups is 1. The number of rotatable bonds is 4. The van der Waals surface area contributed by atoms with Crippen LogP contribution in [-0.2, 0) is 0 Å². The molecule has 0 aliphatic heterocycles. The number of benzene rings is 5. The minimum absolute atomic E-state index is 0.705. The molecule has 2 N–H and O–H groups in total. The molecule has 36 heavy (non-hydrogen) atoms. The number of aryl methyl sites for hydroxylation is 1. The van der Waals surface area contributed by atoms with Gasteiger partial charge in [0.1, 0.15) is 11.0 Å². The Morgan fingerprint density at radius 3 is 2.06 bits per heavy atom. The first-order chi connectivity index (χ1) is 17.6. The molecule has 0 aliphatic rings. The third-order valence-corrected chi connectivity index (χ3v) is 6.35. The van der Waals surface area contributed by atoms with E-state index in [1.165, 1.54) is 16.7 Å². The summed E-state index contributed by atoms with van der Waals surface area (Å²) in [5.41, 5.74) is 17.2. The van der Waals surface area contributed by atoms with E-state index in [4.69, 9.17) is 15.7 Å². The highest BCUT2D eigenvalue weighted by atomic mass is 15.0. The second-order valence-electron chi connectivity index (χ2n) is 8.95. The predicted octanol–water partition coefficient (Wildman–Crippen LogP) is 6.97. The van der Waals surface area contributed by atoms with Crippen molar-refractivity contribution in [3.63, 3.8) is 0 Å². The SMILES string of the molecule is Cc1ccc(-c2ccc(C=Nc3ccc4nc5ccc(N)cc5[n+](-c5ccccc5)c4c3)cc2)cc1. The summed E-state index contributed by atoms with van der Waals surface area (Å²) >= 11 is 0. The predicted molar refractivity (Wildman–Crippen MR) is 149 cm³/mol. The van der Waals surface area contributed by atoms with Crippen molar-refractivity contribution in [1.82, 2.24) is 4.98 Å². The van der Waals surface area contributed by atoms with E-state index >= 15 is 0 Å². The van der Waals surface area contributed by atoms with Gasteiger partial charge in [-0.05, 0) is 47.9 Å². The number of hydrogen-bond acceptors (Lipinski definition) is 3. The van der Waals surface area contributed by atoms with Gasteiger partial charge in [-0.1, -0.05) is 72.3 Å². The third-order valence-electron chi connectivity index (χ3n) is 6.35. The molecule has 0 amide bonds. The van der Waals surface area contributed by atoms with E-state index in [0.717, 1.165) is 39.0 Å². The van der Waals surface area contributed by atoms with Crippen molar-refractivity contribution in [2.75, 3.05) is 5.73 Å². The standard InChI is InChI=1S/C32H24N4/c1-22-7-11-24(12-8-22)25-13-9-23(10-14-25)21-34-27-16-18-30-32(20-27)36(28-5-3-2-4-6-28)31-19-26(33)15-17-29(31)35-30/h2-21,33H,1H3/p+1. The fourth-order valence-electron chi connectivity index (χ4n) is 4.45. The number of nitrogens with zero attached hydrogens (tertiary/aromatic N) is 3. The van der Waals surface area contributed by atoms with E-state index in [1.54, 1.807) is 0 Å². The lowest BCUT2D eigenvalue weighted by Gasteiger charge is -2.06. The molecule has 1 aromatic heterocycles. The molecule has 5 aromatic carbocycles. The summed E-state index contributed by atoms with van der Waals surface area (Å²) in [5, 5.41) is 0. The molecule has 4 nitrogen and oxygen atoms in total. The van der Waals surface area contributed by atoms with E-state index in [0.29, 0.717) is 5.69 Å². The average molecular weight is 466 g/mol. The normalized spacial score (nSPS) is 11.5. The Kier molecular flexibility index (Phi) is 5.47. The smallest absolute Gasteiger partial charge is 0.239 e. The number of nitrogen functional groups attached to an aromatic ring is 1. The fraction of sp³-hybridized carbons (Fsp3) is 0.0312. The van der Waals surface area contributed by atoms with Crippen molar-refractivity contribution < 1.29 is 4.57 Å². The lowest BCUT2D eigenvalue weighted by molar-refractivity contribution is -0.538. The van der Waals surface area contributed by atoms with Crippen molar-refractivity contribution in [1.29, 1.82) is 0 Å². The number of fused-ring (bicyclic) bond motifs is 2. The molecule has 4 heteroatoms. The minimum atomic E-state index is 0.705. The highest BCUT2D eigenvalue weighted by molar-refractivity contribution is 5.87. The summed E-state index contributed by atoms with van der Waals surface area (Å²) in [6.07, 6.45) is 1.90. The maximum absolute atomic E-state index is 6.15. The molecule has 0 radical (unpaired) electrons. The van der Waals surface area contributed by atoms with Gasteiger partial charge in [-0.3, -0.25) is 4.99 Å². The van der Waals surface area contributed by atoms with Crippen LogP contribution in [0.1, 0.15) is 11.1 Å². The Morgan fingerprint density at radius 1 is 0.694 bits per heavy atom. The van der Waals surface area contributed by atoms with E-state index in [2.05, 4.69) is 78.2 Å². The second-order valence-corrected chi connectivity index (χ2v) is 8.95. The summed E-state index contributed by atoms with van der Waals surface area (Å²) in [6.45, 7) is 2.10. The zero-order valence-electron chi connectivity index (χ0n) is 20.0. The van der Waals surface area contributed by atoms with Crippen LogP contribution in [0.3, 0.4) is 0 Å².